The van der Waals surface area contributed by atoms with Gasteiger partial charge in [0.05, 0.1) is 39.3 Å². The summed E-state index contributed by atoms with van der Waals surface area (Å²) in [4.78, 5) is 18.2. The fourth-order valence-electron chi connectivity index (χ4n) is 5.85. The van der Waals surface area contributed by atoms with Crippen LogP contribution in [0.3, 0.4) is 0 Å². The van der Waals surface area contributed by atoms with E-state index in [0.29, 0.717) is 5.01 Å². The lowest BCUT2D eigenvalue weighted by molar-refractivity contribution is -0.188. The van der Waals surface area contributed by atoms with E-state index in [1.807, 2.05) is 121 Å². The highest BCUT2D eigenvalue weighted by molar-refractivity contribution is 7.86. The molecule has 0 aliphatic carbocycles. The van der Waals surface area contributed by atoms with E-state index >= 15 is 0 Å². The van der Waals surface area contributed by atoms with Crippen molar-refractivity contribution in [2.45, 2.75) is 83.3 Å². The highest BCUT2D eigenvalue weighted by Gasteiger charge is 2.45. The van der Waals surface area contributed by atoms with Gasteiger partial charge in [-0.05, 0) is 43.0 Å². The molecule has 0 aliphatic heterocycles. The smallest absolute Gasteiger partial charge is 0.408 e. The molecular formula is C43H50N2O9S2. The molecule has 56 heavy (non-hydrogen) atoms. The molecule has 1 heterocycles. The van der Waals surface area contributed by atoms with E-state index < -0.39 is 52.3 Å². The molecule has 0 saturated heterocycles. The molecule has 298 valence electrons. The van der Waals surface area contributed by atoms with Crippen molar-refractivity contribution in [3.05, 3.63) is 160 Å². The summed E-state index contributed by atoms with van der Waals surface area (Å²) in [5.41, 5.74) is 2.60. The molecule has 0 aliphatic rings. The molecule has 0 radical (unpaired) electrons. The van der Waals surface area contributed by atoms with Crippen molar-refractivity contribution in [3.8, 4) is 0 Å². The maximum Gasteiger partial charge on any atom is 0.408 e. The molecule has 0 bridgehead atoms. The van der Waals surface area contributed by atoms with E-state index in [2.05, 4.69) is 10.3 Å². The number of rotatable bonds is 21. The summed E-state index contributed by atoms with van der Waals surface area (Å²) in [6, 6.07) is 37.1. The number of nitrogens with one attached hydrogen (secondary N) is 1. The van der Waals surface area contributed by atoms with Crippen molar-refractivity contribution in [2.75, 3.05) is 12.9 Å². The molecule has 11 nitrogen and oxygen atoms in total. The van der Waals surface area contributed by atoms with Gasteiger partial charge in [0.2, 0.25) is 0 Å². The standard InChI is InChI=1S/C43H50N2O9S2/c1-43(2,3)53-42(46)45-37(41-44-25-26-55-41)39(51-29-34-21-13-7-14-22-34)40(52-30-35-23-15-8-16-24-35)38(50-28-33-19-11-6-12-20-33)36(54-56(4,47)48)31-49-27-32-17-9-5-10-18-32/h5-26,36-40H,27-31H2,1-4H3,(H,45,46)/t36-,37+,38-,39+,40+/m1/s1. The second kappa shape index (κ2) is 21.2. The van der Waals surface area contributed by atoms with Crippen LogP contribution in [0.2, 0.25) is 0 Å². The van der Waals surface area contributed by atoms with Crippen molar-refractivity contribution in [2.24, 2.45) is 0 Å². The molecule has 0 fully saturated rings. The molecule has 4 aromatic carbocycles. The number of hydrogen-bond donors (Lipinski definition) is 1. The van der Waals surface area contributed by atoms with Crippen LogP contribution in [0.1, 0.15) is 54.1 Å². The van der Waals surface area contributed by atoms with Crippen molar-refractivity contribution in [1.82, 2.24) is 10.3 Å². The first-order valence-electron chi connectivity index (χ1n) is 18.3. The minimum atomic E-state index is -4.09. The Morgan fingerprint density at radius 1 is 0.679 bits per heavy atom. The zero-order valence-electron chi connectivity index (χ0n) is 32.1. The molecule has 0 saturated carbocycles. The van der Waals surface area contributed by atoms with Crippen LogP contribution in [0.15, 0.2) is 133 Å². The molecule has 1 amide bonds. The predicted octanol–water partition coefficient (Wildman–Crippen LogP) is 8.03. The molecule has 1 aromatic heterocycles. The summed E-state index contributed by atoms with van der Waals surface area (Å²) in [5.74, 6) is 0. The number of carbonyl (C=O) groups is 1. The Kier molecular flexibility index (Phi) is 16.1. The first-order valence-corrected chi connectivity index (χ1v) is 21.0. The Bertz CT molecular complexity index is 1960. The number of alkyl carbamates (subject to hydrolysis) is 1. The molecule has 5 rings (SSSR count). The third-order valence-electron chi connectivity index (χ3n) is 8.28. The number of aromatic nitrogens is 1. The van der Waals surface area contributed by atoms with Crippen LogP contribution in [0, 0.1) is 0 Å². The topological polar surface area (TPSA) is 132 Å². The number of nitrogens with zero attached hydrogens (tertiary/aromatic N) is 1. The molecule has 5 atom stereocenters. The van der Waals surface area contributed by atoms with Gasteiger partial charge in [-0.1, -0.05) is 121 Å². The molecule has 5 aromatic rings. The van der Waals surface area contributed by atoms with Gasteiger partial charge in [0, 0.05) is 11.6 Å². The third-order valence-corrected chi connectivity index (χ3v) is 9.74. The van der Waals surface area contributed by atoms with Gasteiger partial charge < -0.3 is 29.0 Å². The highest BCUT2D eigenvalue weighted by Crippen LogP contribution is 2.32. The van der Waals surface area contributed by atoms with E-state index in [0.717, 1.165) is 28.5 Å². The number of carbonyl (C=O) groups excluding carboxylic acids is 1. The minimum absolute atomic E-state index is 0.0613. The van der Waals surface area contributed by atoms with Crippen molar-refractivity contribution >= 4 is 27.5 Å². The van der Waals surface area contributed by atoms with E-state index in [-0.39, 0.29) is 33.0 Å². The summed E-state index contributed by atoms with van der Waals surface area (Å²) in [7, 11) is -4.09. The summed E-state index contributed by atoms with van der Waals surface area (Å²) in [6.45, 7) is 5.55. The van der Waals surface area contributed by atoms with E-state index in [1.165, 1.54) is 11.3 Å². The zero-order valence-corrected chi connectivity index (χ0v) is 33.7. The number of thiazole rings is 1. The lowest BCUT2D eigenvalue weighted by Crippen LogP contribution is -2.55. The van der Waals surface area contributed by atoms with Crippen LogP contribution in [-0.4, -0.2) is 62.4 Å². The molecule has 0 unspecified atom stereocenters. The summed E-state index contributed by atoms with van der Waals surface area (Å²) in [5, 5.41) is 5.31. The Morgan fingerprint density at radius 3 is 1.55 bits per heavy atom. The minimum Gasteiger partial charge on any atom is -0.444 e. The van der Waals surface area contributed by atoms with Gasteiger partial charge >= 0.3 is 6.09 Å². The van der Waals surface area contributed by atoms with Gasteiger partial charge in [-0.3, -0.25) is 4.18 Å². The lowest BCUT2D eigenvalue weighted by Gasteiger charge is -2.40. The van der Waals surface area contributed by atoms with Gasteiger partial charge in [-0.15, -0.1) is 11.3 Å². The second-order valence-corrected chi connectivity index (χ2v) is 16.6. The largest absolute Gasteiger partial charge is 0.444 e. The van der Waals surface area contributed by atoms with E-state index in [9.17, 15) is 13.2 Å². The molecule has 13 heteroatoms. The number of ether oxygens (including phenoxy) is 5. The Labute approximate surface area is 334 Å². The maximum atomic E-state index is 13.6. The van der Waals surface area contributed by atoms with Crippen LogP contribution in [0.5, 0.6) is 0 Å². The normalized spacial score (nSPS) is 14.6. The predicted molar refractivity (Wildman–Crippen MR) is 215 cm³/mol. The molecule has 0 spiro atoms. The number of amides is 1. The second-order valence-electron chi connectivity index (χ2n) is 14.1. The van der Waals surface area contributed by atoms with Crippen molar-refractivity contribution in [3.63, 3.8) is 0 Å². The van der Waals surface area contributed by atoms with E-state index in [1.54, 1.807) is 32.3 Å². The molecular weight excluding hydrogens is 753 g/mol. The van der Waals surface area contributed by atoms with Crippen molar-refractivity contribution in [1.29, 1.82) is 0 Å². The van der Waals surface area contributed by atoms with Gasteiger partial charge in [0.1, 0.15) is 41.1 Å². The van der Waals surface area contributed by atoms with Crippen LogP contribution in [-0.2, 0) is 64.4 Å². The number of hydrogen-bond acceptors (Lipinski definition) is 11. The fourth-order valence-corrected chi connectivity index (χ4v) is 7.18. The fraction of sp³-hybridized carbons (Fsp3) is 0.349. The van der Waals surface area contributed by atoms with Crippen LogP contribution < -0.4 is 5.32 Å². The zero-order chi connectivity index (χ0) is 39.8. The molecule has 1 N–H and O–H groups in total. The summed E-state index contributed by atoms with van der Waals surface area (Å²) < 4.78 is 64.3. The monoisotopic (exact) mass is 802 g/mol. The third kappa shape index (κ3) is 14.6. The first kappa shape index (κ1) is 42.7. The number of benzene rings is 4. The highest BCUT2D eigenvalue weighted by atomic mass is 32.2. The van der Waals surface area contributed by atoms with E-state index in [4.69, 9.17) is 27.9 Å². The maximum absolute atomic E-state index is 13.6. The van der Waals surface area contributed by atoms with Crippen molar-refractivity contribution < 1.29 is 41.1 Å². The Morgan fingerprint density at radius 2 is 1.12 bits per heavy atom. The van der Waals surface area contributed by atoms with Gasteiger partial charge in [-0.2, -0.15) is 8.42 Å². The lowest BCUT2D eigenvalue weighted by atomic mass is 9.96. The average Bonchev–Trinajstić information content (AvgIpc) is 3.71. The van der Waals surface area contributed by atoms with Crippen LogP contribution >= 0.6 is 11.3 Å². The van der Waals surface area contributed by atoms with Gasteiger partial charge in [-0.25, -0.2) is 9.78 Å². The van der Waals surface area contributed by atoms with Crippen LogP contribution in [0.4, 0.5) is 4.79 Å². The summed E-state index contributed by atoms with van der Waals surface area (Å²) >= 11 is 1.32. The quantitative estimate of drug-likeness (QED) is 0.0728. The average molecular weight is 803 g/mol. The Hall–Kier alpha value is -4.47. The Balaban J connectivity index is 1.63. The summed E-state index contributed by atoms with van der Waals surface area (Å²) in [6.07, 6.45) is -2.65. The SMILES string of the molecule is CC(C)(C)OC(=O)N[C@H](c1nccs1)[C@H](OCc1ccccc1)[C@@H](OCc1ccccc1)[C@H](OCc1ccccc1)[C@@H](COCc1ccccc1)OS(C)(=O)=O. The van der Waals surface area contributed by atoms with Crippen LogP contribution in [0.25, 0.3) is 0 Å². The first-order chi connectivity index (χ1) is 26.9. The van der Waals surface area contributed by atoms with Gasteiger partial charge in [0.25, 0.3) is 10.1 Å². The van der Waals surface area contributed by atoms with Gasteiger partial charge in [0.15, 0.2) is 0 Å².